The smallest absolute Gasteiger partial charge is 0.160 e. The second-order valence-electron chi connectivity index (χ2n) is 14.4. The molecule has 3 heteroatoms. The van der Waals surface area contributed by atoms with Gasteiger partial charge in [0.25, 0.3) is 0 Å². The van der Waals surface area contributed by atoms with Crippen LogP contribution in [0.5, 0.6) is 11.5 Å². The van der Waals surface area contributed by atoms with Gasteiger partial charge in [-0.1, -0.05) is 188 Å². The van der Waals surface area contributed by atoms with Gasteiger partial charge < -0.3 is 4.74 Å². The van der Waals surface area contributed by atoms with Crippen LogP contribution in [-0.4, -0.2) is 9.97 Å². The van der Waals surface area contributed by atoms with Gasteiger partial charge in [0.1, 0.15) is 11.5 Å². The highest BCUT2D eigenvalue weighted by Gasteiger charge is 2.51. The predicted octanol–water partition coefficient (Wildman–Crippen LogP) is 13.3. The summed E-state index contributed by atoms with van der Waals surface area (Å²) in [6, 6.07) is 72.9. The molecule has 56 heavy (non-hydrogen) atoms. The van der Waals surface area contributed by atoms with Crippen molar-refractivity contribution in [2.45, 2.75) is 5.41 Å². The maximum atomic E-state index is 7.01. The van der Waals surface area contributed by atoms with Crippen molar-refractivity contribution in [3.05, 3.63) is 229 Å². The molecule has 0 N–H and O–H groups in total. The fraction of sp³-hybridized carbons (Fsp3) is 0.0189. The van der Waals surface area contributed by atoms with E-state index in [2.05, 4.69) is 188 Å². The summed E-state index contributed by atoms with van der Waals surface area (Å²) in [5.74, 6) is 2.43. The molecule has 3 nitrogen and oxygen atoms in total. The lowest BCUT2D eigenvalue weighted by atomic mass is 9.65. The molecule has 0 bridgehead atoms. The minimum atomic E-state index is -0.525. The molecule has 11 rings (SSSR count). The van der Waals surface area contributed by atoms with E-state index >= 15 is 0 Å². The fourth-order valence-electron chi connectivity index (χ4n) is 8.98. The molecule has 0 amide bonds. The van der Waals surface area contributed by atoms with E-state index in [-0.39, 0.29) is 0 Å². The van der Waals surface area contributed by atoms with Crippen LogP contribution in [0.3, 0.4) is 0 Å². The Morgan fingerprint density at radius 3 is 1.55 bits per heavy atom. The lowest BCUT2D eigenvalue weighted by Crippen LogP contribution is -2.32. The lowest BCUT2D eigenvalue weighted by molar-refractivity contribution is 0.438. The van der Waals surface area contributed by atoms with Gasteiger partial charge in [-0.2, -0.15) is 0 Å². The largest absolute Gasteiger partial charge is 0.456 e. The minimum absolute atomic E-state index is 0.525. The zero-order chi connectivity index (χ0) is 37.1. The summed E-state index contributed by atoms with van der Waals surface area (Å²) in [5, 5.41) is 0. The Kier molecular flexibility index (Phi) is 7.39. The number of hydrogen-bond acceptors (Lipinski definition) is 3. The molecular formula is C53H34N2O. The van der Waals surface area contributed by atoms with Crippen molar-refractivity contribution in [3.8, 4) is 78.8 Å². The standard InChI is InChI=1S/C53H34N2O/c1-3-17-35(18-4-1)39-23-7-8-26-43(39)49-34-48(54-52(55-49)36-19-5-2-6-20-36)38-22-15-21-37(33-38)40-27-16-31-47-51(40)56-50-32-14-13-30-46(50)53(47)44-28-11-9-24-41(44)42-25-10-12-29-45(42)53/h1-34H. The summed E-state index contributed by atoms with van der Waals surface area (Å²) >= 11 is 0. The van der Waals surface area contributed by atoms with Crippen molar-refractivity contribution in [1.29, 1.82) is 0 Å². The molecule has 1 aliphatic heterocycles. The van der Waals surface area contributed by atoms with Gasteiger partial charge in [-0.05, 0) is 57.1 Å². The van der Waals surface area contributed by atoms with Crippen LogP contribution >= 0.6 is 0 Å². The third kappa shape index (κ3) is 4.91. The molecule has 1 spiro atoms. The quantitative estimate of drug-likeness (QED) is 0.178. The van der Waals surface area contributed by atoms with Crippen LogP contribution in [0.2, 0.25) is 0 Å². The number of benzene rings is 8. The van der Waals surface area contributed by atoms with Crippen LogP contribution in [0.25, 0.3) is 67.3 Å². The van der Waals surface area contributed by atoms with E-state index in [4.69, 9.17) is 14.7 Å². The normalized spacial score (nSPS) is 12.9. The van der Waals surface area contributed by atoms with Gasteiger partial charge in [0, 0.05) is 33.4 Å². The van der Waals surface area contributed by atoms with E-state index in [0.717, 1.165) is 73.0 Å². The van der Waals surface area contributed by atoms with Gasteiger partial charge in [0.05, 0.1) is 16.8 Å². The van der Waals surface area contributed by atoms with Crippen LogP contribution in [-0.2, 0) is 5.41 Å². The SMILES string of the molecule is c1ccc(-c2nc(-c3cccc(-c4cccc5c4Oc4ccccc4C54c5ccccc5-c5ccccc54)c3)cc(-c3ccccc3-c3ccccc3)n2)cc1. The van der Waals surface area contributed by atoms with Gasteiger partial charge in [-0.25, -0.2) is 9.97 Å². The number of nitrogens with zero attached hydrogens (tertiary/aromatic N) is 2. The van der Waals surface area contributed by atoms with Crippen molar-refractivity contribution in [3.63, 3.8) is 0 Å². The van der Waals surface area contributed by atoms with Crippen molar-refractivity contribution < 1.29 is 4.74 Å². The maximum absolute atomic E-state index is 7.01. The first-order chi connectivity index (χ1) is 27.8. The molecule has 2 aliphatic rings. The molecule has 0 radical (unpaired) electrons. The Bertz CT molecular complexity index is 2910. The monoisotopic (exact) mass is 714 g/mol. The van der Waals surface area contributed by atoms with E-state index in [1.165, 1.54) is 22.3 Å². The molecule has 262 valence electrons. The van der Waals surface area contributed by atoms with Gasteiger partial charge >= 0.3 is 0 Å². The summed E-state index contributed by atoms with van der Waals surface area (Å²) in [4.78, 5) is 10.4. The molecule has 9 aromatic rings. The number of aromatic nitrogens is 2. The second kappa shape index (κ2) is 12.9. The molecule has 8 aromatic carbocycles. The molecule has 0 saturated carbocycles. The average Bonchev–Trinajstić information content (AvgIpc) is 3.57. The highest BCUT2D eigenvalue weighted by atomic mass is 16.5. The lowest BCUT2D eigenvalue weighted by Gasteiger charge is -2.40. The Balaban J connectivity index is 1.10. The van der Waals surface area contributed by atoms with Crippen molar-refractivity contribution in [2.24, 2.45) is 0 Å². The highest BCUT2D eigenvalue weighted by molar-refractivity contribution is 5.91. The van der Waals surface area contributed by atoms with Crippen molar-refractivity contribution >= 4 is 0 Å². The molecule has 1 aromatic heterocycles. The summed E-state index contributed by atoms with van der Waals surface area (Å²) < 4.78 is 7.01. The van der Waals surface area contributed by atoms with E-state index in [0.29, 0.717) is 5.82 Å². The maximum Gasteiger partial charge on any atom is 0.160 e. The predicted molar refractivity (Wildman–Crippen MR) is 227 cm³/mol. The Labute approximate surface area is 326 Å². The van der Waals surface area contributed by atoms with Crippen LogP contribution < -0.4 is 4.74 Å². The number of para-hydroxylation sites is 2. The van der Waals surface area contributed by atoms with Crippen LogP contribution in [0, 0.1) is 0 Å². The molecule has 0 atom stereocenters. The third-order valence-electron chi connectivity index (χ3n) is 11.4. The Morgan fingerprint density at radius 1 is 0.321 bits per heavy atom. The van der Waals surface area contributed by atoms with Gasteiger partial charge in [-0.3, -0.25) is 0 Å². The Hall–Kier alpha value is -7.36. The first-order valence-electron chi connectivity index (χ1n) is 19.1. The third-order valence-corrected chi connectivity index (χ3v) is 11.4. The van der Waals surface area contributed by atoms with Crippen LogP contribution in [0.4, 0.5) is 0 Å². The molecule has 0 saturated heterocycles. The fourth-order valence-corrected chi connectivity index (χ4v) is 8.98. The van der Waals surface area contributed by atoms with E-state index in [1.54, 1.807) is 0 Å². The van der Waals surface area contributed by atoms with Gasteiger partial charge in [0.15, 0.2) is 5.82 Å². The average molecular weight is 715 g/mol. The van der Waals surface area contributed by atoms with Gasteiger partial charge in [0.2, 0.25) is 0 Å². The van der Waals surface area contributed by atoms with Crippen molar-refractivity contribution in [2.75, 3.05) is 0 Å². The van der Waals surface area contributed by atoms with Crippen molar-refractivity contribution in [1.82, 2.24) is 9.97 Å². The first kappa shape index (κ1) is 32.1. The van der Waals surface area contributed by atoms with E-state index in [1.807, 2.05) is 18.2 Å². The molecular weight excluding hydrogens is 681 g/mol. The topological polar surface area (TPSA) is 35.0 Å². The zero-order valence-electron chi connectivity index (χ0n) is 30.4. The van der Waals surface area contributed by atoms with E-state index in [9.17, 15) is 0 Å². The summed E-state index contributed by atoms with van der Waals surface area (Å²) in [5.41, 5.74) is 16.0. The summed E-state index contributed by atoms with van der Waals surface area (Å²) in [6.07, 6.45) is 0. The number of hydrogen-bond donors (Lipinski definition) is 0. The number of rotatable bonds is 5. The number of ether oxygens (including phenoxy) is 1. The molecule has 1 aliphatic carbocycles. The van der Waals surface area contributed by atoms with E-state index < -0.39 is 5.41 Å². The Morgan fingerprint density at radius 2 is 0.821 bits per heavy atom. The van der Waals surface area contributed by atoms with Crippen LogP contribution in [0.15, 0.2) is 206 Å². The zero-order valence-corrected chi connectivity index (χ0v) is 30.4. The summed E-state index contributed by atoms with van der Waals surface area (Å²) in [7, 11) is 0. The van der Waals surface area contributed by atoms with Gasteiger partial charge in [-0.15, -0.1) is 0 Å². The molecule has 0 fully saturated rings. The summed E-state index contributed by atoms with van der Waals surface area (Å²) in [6.45, 7) is 0. The molecule has 2 heterocycles. The first-order valence-corrected chi connectivity index (χ1v) is 19.1. The molecule has 0 unspecified atom stereocenters. The second-order valence-corrected chi connectivity index (χ2v) is 14.4. The van der Waals surface area contributed by atoms with Crippen LogP contribution in [0.1, 0.15) is 22.3 Å². The minimum Gasteiger partial charge on any atom is -0.456 e. The highest BCUT2D eigenvalue weighted by Crippen LogP contribution is 2.63. The number of fused-ring (bicyclic) bond motifs is 9.